The topological polar surface area (TPSA) is 62.6 Å². The molecule has 1 aromatic heterocycles. The number of nitrogens with zero attached hydrogens (tertiary/aromatic N) is 1. The minimum atomic E-state index is -3.34. The van der Waals surface area contributed by atoms with Crippen LogP contribution in [-0.4, -0.2) is 25.8 Å². The average Bonchev–Trinajstić information content (AvgIpc) is 2.66. The van der Waals surface area contributed by atoms with E-state index in [2.05, 4.69) is 4.72 Å². The molecule has 5 nitrogen and oxygen atoms in total. The van der Waals surface area contributed by atoms with Crippen molar-refractivity contribution in [2.75, 3.05) is 13.1 Å². The first-order valence-corrected chi connectivity index (χ1v) is 7.38. The van der Waals surface area contributed by atoms with Crippen LogP contribution < -0.4 is 4.72 Å². The van der Waals surface area contributed by atoms with E-state index >= 15 is 0 Å². The zero-order chi connectivity index (χ0) is 12.1. The molecule has 0 aromatic carbocycles. The van der Waals surface area contributed by atoms with E-state index in [9.17, 15) is 8.42 Å². The second-order valence-corrected chi connectivity index (χ2v) is 6.03. The molecule has 0 unspecified atom stereocenters. The zero-order valence-electron chi connectivity index (χ0n) is 9.76. The lowest BCUT2D eigenvalue weighted by Crippen LogP contribution is -2.40. The molecule has 6 heteroatoms. The van der Waals surface area contributed by atoms with Gasteiger partial charge in [0.15, 0.2) is 0 Å². The monoisotopic (exact) mass is 258 g/mol. The maximum absolute atomic E-state index is 12.0. The summed E-state index contributed by atoms with van der Waals surface area (Å²) in [5, 5.41) is 0. The lowest BCUT2D eigenvalue weighted by atomic mass is 10.2. The fourth-order valence-electron chi connectivity index (χ4n) is 1.94. The molecule has 1 saturated heterocycles. The van der Waals surface area contributed by atoms with Crippen molar-refractivity contribution in [1.82, 2.24) is 9.03 Å². The second kappa shape index (κ2) is 5.66. The summed E-state index contributed by atoms with van der Waals surface area (Å²) >= 11 is 0. The van der Waals surface area contributed by atoms with Crippen LogP contribution in [0.25, 0.3) is 0 Å². The van der Waals surface area contributed by atoms with E-state index in [1.54, 1.807) is 16.6 Å². The Bertz CT molecular complexity index is 420. The van der Waals surface area contributed by atoms with E-state index in [4.69, 9.17) is 4.42 Å². The van der Waals surface area contributed by atoms with Gasteiger partial charge in [0.25, 0.3) is 10.2 Å². The summed E-state index contributed by atoms with van der Waals surface area (Å²) in [5.74, 6) is 0. The maximum Gasteiger partial charge on any atom is 0.279 e. The molecule has 1 aliphatic heterocycles. The van der Waals surface area contributed by atoms with Crippen LogP contribution in [0.3, 0.4) is 0 Å². The fraction of sp³-hybridized carbons (Fsp3) is 0.636. The van der Waals surface area contributed by atoms with Crippen LogP contribution in [0, 0.1) is 0 Å². The van der Waals surface area contributed by atoms with Gasteiger partial charge in [0.1, 0.15) is 0 Å². The molecule has 1 aliphatic rings. The van der Waals surface area contributed by atoms with Crippen molar-refractivity contribution in [2.45, 2.75) is 32.2 Å². The van der Waals surface area contributed by atoms with Crippen LogP contribution in [0.4, 0.5) is 0 Å². The van der Waals surface area contributed by atoms with Crippen LogP contribution in [-0.2, 0) is 16.8 Å². The molecular weight excluding hydrogens is 240 g/mol. The summed E-state index contributed by atoms with van der Waals surface area (Å²) in [6.45, 7) is 1.54. The van der Waals surface area contributed by atoms with Crippen LogP contribution in [0.5, 0.6) is 0 Å². The van der Waals surface area contributed by atoms with Crippen molar-refractivity contribution in [3.05, 3.63) is 24.2 Å². The van der Waals surface area contributed by atoms with Crippen molar-refractivity contribution in [3.8, 4) is 0 Å². The van der Waals surface area contributed by atoms with E-state index in [1.807, 2.05) is 0 Å². The zero-order valence-corrected chi connectivity index (χ0v) is 10.6. The van der Waals surface area contributed by atoms with Gasteiger partial charge in [-0.2, -0.15) is 17.4 Å². The Balaban J connectivity index is 1.93. The first-order chi connectivity index (χ1) is 8.18. The Morgan fingerprint density at radius 1 is 1.24 bits per heavy atom. The Labute approximate surface area is 102 Å². The highest BCUT2D eigenvalue weighted by atomic mass is 32.2. The number of furan rings is 1. The molecule has 0 atom stereocenters. The normalized spacial score (nSPS) is 19.1. The average molecular weight is 258 g/mol. The molecule has 1 N–H and O–H groups in total. The summed E-state index contributed by atoms with van der Waals surface area (Å²) in [5.41, 5.74) is 0.836. The molecule has 2 heterocycles. The van der Waals surface area contributed by atoms with Crippen molar-refractivity contribution in [2.24, 2.45) is 0 Å². The van der Waals surface area contributed by atoms with Gasteiger partial charge in [0.05, 0.1) is 12.5 Å². The predicted molar refractivity (Wildman–Crippen MR) is 64.5 cm³/mol. The summed E-state index contributed by atoms with van der Waals surface area (Å²) < 4.78 is 33.1. The summed E-state index contributed by atoms with van der Waals surface area (Å²) in [6.07, 6.45) is 7.22. The van der Waals surface area contributed by atoms with Gasteiger partial charge in [0.2, 0.25) is 0 Å². The van der Waals surface area contributed by atoms with Gasteiger partial charge in [0, 0.05) is 25.2 Å². The fourth-order valence-corrected chi connectivity index (χ4v) is 3.21. The third-order valence-corrected chi connectivity index (χ3v) is 4.50. The van der Waals surface area contributed by atoms with E-state index in [1.165, 1.54) is 6.26 Å². The standard InChI is InChI=1S/C11H18N2O3S/c14-17(15,12-9-11-5-8-16-10-11)13-6-3-1-2-4-7-13/h5,8,10,12H,1-4,6-7,9H2. The number of rotatable bonds is 4. The summed E-state index contributed by atoms with van der Waals surface area (Å²) in [4.78, 5) is 0. The van der Waals surface area contributed by atoms with Crippen LogP contribution >= 0.6 is 0 Å². The van der Waals surface area contributed by atoms with Crippen molar-refractivity contribution >= 4 is 10.2 Å². The molecular formula is C11H18N2O3S. The SMILES string of the molecule is O=S(=O)(NCc1ccoc1)N1CCCCCC1. The molecule has 17 heavy (non-hydrogen) atoms. The number of hydrogen-bond acceptors (Lipinski definition) is 3. The first kappa shape index (κ1) is 12.6. The molecule has 0 saturated carbocycles. The van der Waals surface area contributed by atoms with Crippen molar-refractivity contribution in [3.63, 3.8) is 0 Å². The second-order valence-electron chi connectivity index (χ2n) is 4.27. The molecule has 2 rings (SSSR count). The smallest absolute Gasteiger partial charge is 0.279 e. The molecule has 0 radical (unpaired) electrons. The van der Waals surface area contributed by atoms with Gasteiger partial charge >= 0.3 is 0 Å². The summed E-state index contributed by atoms with van der Waals surface area (Å²) in [6, 6.07) is 1.75. The molecule has 1 aromatic rings. The maximum atomic E-state index is 12.0. The van der Waals surface area contributed by atoms with Gasteiger partial charge in [-0.25, -0.2) is 0 Å². The quantitative estimate of drug-likeness (QED) is 0.890. The summed E-state index contributed by atoms with van der Waals surface area (Å²) in [7, 11) is -3.34. The molecule has 0 aliphatic carbocycles. The number of hydrogen-bond donors (Lipinski definition) is 1. The Kier molecular flexibility index (Phi) is 4.20. The Morgan fingerprint density at radius 2 is 1.94 bits per heavy atom. The number of nitrogens with one attached hydrogen (secondary N) is 1. The Hall–Kier alpha value is -0.850. The van der Waals surface area contributed by atoms with Gasteiger partial charge < -0.3 is 4.42 Å². The molecule has 96 valence electrons. The highest BCUT2D eigenvalue weighted by Crippen LogP contribution is 2.12. The highest BCUT2D eigenvalue weighted by Gasteiger charge is 2.22. The molecule has 0 bridgehead atoms. The Morgan fingerprint density at radius 3 is 2.53 bits per heavy atom. The highest BCUT2D eigenvalue weighted by molar-refractivity contribution is 7.87. The lowest BCUT2D eigenvalue weighted by Gasteiger charge is -2.19. The van der Waals surface area contributed by atoms with E-state index < -0.39 is 10.2 Å². The van der Waals surface area contributed by atoms with Crippen molar-refractivity contribution < 1.29 is 12.8 Å². The lowest BCUT2D eigenvalue weighted by molar-refractivity contribution is 0.414. The predicted octanol–water partition coefficient (Wildman–Crippen LogP) is 1.49. The van der Waals surface area contributed by atoms with Crippen molar-refractivity contribution in [1.29, 1.82) is 0 Å². The molecule has 1 fully saturated rings. The van der Waals surface area contributed by atoms with Crippen LogP contribution in [0.2, 0.25) is 0 Å². The minimum absolute atomic E-state index is 0.287. The van der Waals surface area contributed by atoms with Gasteiger partial charge in [-0.3, -0.25) is 0 Å². The largest absolute Gasteiger partial charge is 0.472 e. The third kappa shape index (κ3) is 3.55. The van der Waals surface area contributed by atoms with Gasteiger partial charge in [-0.1, -0.05) is 12.8 Å². The minimum Gasteiger partial charge on any atom is -0.472 e. The molecule has 0 spiro atoms. The van der Waals surface area contributed by atoms with Gasteiger partial charge in [-0.15, -0.1) is 0 Å². The van der Waals surface area contributed by atoms with Crippen LogP contribution in [0.15, 0.2) is 23.0 Å². The van der Waals surface area contributed by atoms with Gasteiger partial charge in [-0.05, 0) is 18.9 Å². The van der Waals surface area contributed by atoms with E-state index in [0.717, 1.165) is 31.2 Å². The molecule has 0 amide bonds. The van der Waals surface area contributed by atoms with Crippen LogP contribution in [0.1, 0.15) is 31.2 Å². The first-order valence-electron chi connectivity index (χ1n) is 5.94. The third-order valence-electron chi connectivity index (χ3n) is 2.94. The van der Waals surface area contributed by atoms with E-state index in [0.29, 0.717) is 13.1 Å². The van der Waals surface area contributed by atoms with E-state index in [-0.39, 0.29) is 6.54 Å².